The highest BCUT2D eigenvalue weighted by molar-refractivity contribution is 5.97. The maximum absolute atomic E-state index is 12.5. The number of amides is 1. The Hall–Kier alpha value is -2.12. The number of carbonyl (C=O) groups is 1. The molecule has 0 radical (unpaired) electrons. The molecule has 1 N–H and O–H groups in total. The molecule has 0 spiro atoms. The fourth-order valence-corrected chi connectivity index (χ4v) is 2.86. The van der Waals surface area contributed by atoms with Crippen LogP contribution in [-0.2, 0) is 11.8 Å². The van der Waals surface area contributed by atoms with E-state index in [2.05, 4.69) is 22.2 Å². The number of hydrogen-bond donors (Lipinski definition) is 1. The van der Waals surface area contributed by atoms with Gasteiger partial charge in [0.2, 0.25) is 0 Å². The quantitative estimate of drug-likeness (QED) is 0.880. The zero-order valence-electron chi connectivity index (χ0n) is 13.6. The lowest BCUT2D eigenvalue weighted by molar-refractivity contribution is 0.0204. The summed E-state index contributed by atoms with van der Waals surface area (Å²) in [6.07, 6.45) is 5.43. The number of morpholine rings is 1. The Morgan fingerprint density at radius 2 is 2.04 bits per heavy atom. The molecule has 23 heavy (non-hydrogen) atoms. The van der Waals surface area contributed by atoms with Gasteiger partial charge < -0.3 is 14.6 Å². The molecule has 3 rings (SSSR count). The van der Waals surface area contributed by atoms with E-state index >= 15 is 0 Å². The molecule has 1 amide bonds. The number of hydrogen-bond acceptors (Lipinski definition) is 4. The van der Waals surface area contributed by atoms with E-state index in [0.29, 0.717) is 12.1 Å². The molecule has 2 aromatic heterocycles. The molecule has 3 heterocycles. The van der Waals surface area contributed by atoms with Gasteiger partial charge in [-0.25, -0.2) is 0 Å². The topological polar surface area (TPSA) is 64.3 Å². The Kier molecular flexibility index (Phi) is 4.78. The summed E-state index contributed by atoms with van der Waals surface area (Å²) in [7, 11) is 1.84. The lowest BCUT2D eigenvalue weighted by Crippen LogP contribution is -2.47. The Bertz CT molecular complexity index is 643. The van der Waals surface area contributed by atoms with Crippen LogP contribution in [0.1, 0.15) is 17.3 Å². The molecule has 0 aliphatic carbocycles. The molecule has 1 saturated heterocycles. The fraction of sp³-hybridized carbons (Fsp3) is 0.500. The third kappa shape index (κ3) is 3.46. The molecule has 0 aromatic carbocycles. The minimum atomic E-state index is -0.0955. The van der Waals surface area contributed by atoms with E-state index in [1.807, 2.05) is 36.1 Å². The van der Waals surface area contributed by atoms with E-state index in [-0.39, 0.29) is 11.9 Å². The summed E-state index contributed by atoms with van der Waals surface area (Å²) in [5, 5.41) is 7.24. The number of carbonyl (C=O) groups excluding carboxylic acids is 1. The van der Waals surface area contributed by atoms with Crippen molar-refractivity contribution in [3.63, 3.8) is 0 Å². The molecule has 7 nitrogen and oxygen atoms in total. The van der Waals surface area contributed by atoms with Crippen molar-refractivity contribution in [1.82, 2.24) is 24.6 Å². The third-order valence-electron chi connectivity index (χ3n) is 4.23. The zero-order chi connectivity index (χ0) is 16.2. The number of aryl methyl sites for hydroxylation is 1. The molecule has 124 valence electrons. The molecular formula is C16H23N5O2. The average Bonchev–Trinajstić information content (AvgIpc) is 3.22. The molecule has 1 aliphatic heterocycles. The van der Waals surface area contributed by atoms with Gasteiger partial charge in [0.25, 0.3) is 5.91 Å². The number of ether oxygens (including phenoxy) is 1. The molecule has 7 heteroatoms. The minimum absolute atomic E-state index is 0.0955. The molecular weight excluding hydrogens is 294 g/mol. The highest BCUT2D eigenvalue weighted by atomic mass is 16.5. The molecule has 0 saturated carbocycles. The van der Waals surface area contributed by atoms with Crippen molar-refractivity contribution in [3.05, 3.63) is 36.3 Å². The standard InChI is InChI=1S/C16H23N5O2/c1-13(20-7-9-23-10-8-20)11-17-15(22)14-12-18-19(2)16(14)21-5-3-4-6-21/h3-6,12-13H,7-11H2,1-2H3,(H,17,22). The average molecular weight is 317 g/mol. The molecule has 1 fully saturated rings. The first-order valence-electron chi connectivity index (χ1n) is 7.92. The van der Waals surface area contributed by atoms with Crippen LogP contribution in [0.4, 0.5) is 0 Å². The van der Waals surface area contributed by atoms with Gasteiger partial charge in [0.05, 0.1) is 19.4 Å². The van der Waals surface area contributed by atoms with E-state index in [0.717, 1.165) is 32.1 Å². The summed E-state index contributed by atoms with van der Waals surface area (Å²) in [6.45, 7) is 6.09. The molecule has 1 atom stereocenters. The van der Waals surface area contributed by atoms with Crippen LogP contribution >= 0.6 is 0 Å². The largest absolute Gasteiger partial charge is 0.379 e. The first-order valence-corrected chi connectivity index (χ1v) is 7.92. The second-order valence-corrected chi connectivity index (χ2v) is 5.80. The summed E-state index contributed by atoms with van der Waals surface area (Å²) in [5.74, 6) is 0.674. The van der Waals surface area contributed by atoms with Crippen LogP contribution in [0.25, 0.3) is 5.82 Å². The van der Waals surface area contributed by atoms with Crippen molar-refractivity contribution in [2.75, 3.05) is 32.8 Å². The monoisotopic (exact) mass is 317 g/mol. The molecule has 2 aromatic rings. The zero-order valence-corrected chi connectivity index (χ0v) is 13.6. The Labute approximate surface area is 135 Å². The smallest absolute Gasteiger partial charge is 0.256 e. The fourth-order valence-electron chi connectivity index (χ4n) is 2.86. The maximum atomic E-state index is 12.5. The lowest BCUT2D eigenvalue weighted by Gasteiger charge is -2.32. The van der Waals surface area contributed by atoms with Crippen LogP contribution in [-0.4, -0.2) is 64.0 Å². The Balaban J connectivity index is 1.65. The molecule has 1 unspecified atom stereocenters. The van der Waals surface area contributed by atoms with Crippen molar-refractivity contribution in [1.29, 1.82) is 0 Å². The second-order valence-electron chi connectivity index (χ2n) is 5.80. The summed E-state index contributed by atoms with van der Waals surface area (Å²) in [4.78, 5) is 14.9. The molecule has 0 bridgehead atoms. The van der Waals surface area contributed by atoms with Crippen molar-refractivity contribution in [2.45, 2.75) is 13.0 Å². The predicted octanol–water partition coefficient (Wildman–Crippen LogP) is 0.661. The van der Waals surface area contributed by atoms with Gasteiger partial charge in [-0.3, -0.25) is 14.4 Å². The maximum Gasteiger partial charge on any atom is 0.256 e. The summed E-state index contributed by atoms with van der Waals surface area (Å²) < 4.78 is 8.97. The van der Waals surface area contributed by atoms with Gasteiger partial charge >= 0.3 is 0 Å². The van der Waals surface area contributed by atoms with Crippen LogP contribution in [0.5, 0.6) is 0 Å². The SMILES string of the molecule is CC(CNC(=O)c1cnn(C)c1-n1cccc1)N1CCOCC1. The van der Waals surface area contributed by atoms with Gasteiger partial charge in [-0.2, -0.15) is 5.10 Å². The van der Waals surface area contributed by atoms with E-state index < -0.39 is 0 Å². The second kappa shape index (κ2) is 6.97. The lowest BCUT2D eigenvalue weighted by atomic mass is 10.2. The summed E-state index contributed by atoms with van der Waals surface area (Å²) >= 11 is 0. The third-order valence-corrected chi connectivity index (χ3v) is 4.23. The van der Waals surface area contributed by atoms with Gasteiger partial charge in [-0.05, 0) is 19.1 Å². The van der Waals surface area contributed by atoms with Gasteiger partial charge in [-0.15, -0.1) is 0 Å². The summed E-state index contributed by atoms with van der Waals surface area (Å²) in [5.41, 5.74) is 0.581. The number of rotatable bonds is 5. The van der Waals surface area contributed by atoms with E-state index in [4.69, 9.17) is 4.74 Å². The van der Waals surface area contributed by atoms with Crippen LogP contribution < -0.4 is 5.32 Å². The highest BCUT2D eigenvalue weighted by Gasteiger charge is 2.20. The first-order chi connectivity index (χ1) is 11.2. The van der Waals surface area contributed by atoms with E-state index in [1.54, 1.807) is 10.9 Å². The Morgan fingerprint density at radius 3 is 2.74 bits per heavy atom. The van der Waals surface area contributed by atoms with Crippen molar-refractivity contribution >= 4 is 5.91 Å². The normalized spacial score (nSPS) is 17.1. The number of nitrogens with zero attached hydrogens (tertiary/aromatic N) is 4. The number of nitrogens with one attached hydrogen (secondary N) is 1. The van der Waals surface area contributed by atoms with Crippen LogP contribution in [0.3, 0.4) is 0 Å². The van der Waals surface area contributed by atoms with Crippen LogP contribution in [0, 0.1) is 0 Å². The van der Waals surface area contributed by atoms with Crippen LogP contribution in [0.2, 0.25) is 0 Å². The van der Waals surface area contributed by atoms with Crippen molar-refractivity contribution in [3.8, 4) is 5.82 Å². The van der Waals surface area contributed by atoms with Gasteiger partial charge in [0, 0.05) is 45.1 Å². The minimum Gasteiger partial charge on any atom is -0.379 e. The Morgan fingerprint density at radius 1 is 1.35 bits per heavy atom. The highest BCUT2D eigenvalue weighted by Crippen LogP contribution is 2.14. The molecule has 1 aliphatic rings. The van der Waals surface area contributed by atoms with Crippen molar-refractivity contribution in [2.24, 2.45) is 7.05 Å². The predicted molar refractivity (Wildman–Crippen MR) is 86.7 cm³/mol. The summed E-state index contributed by atoms with van der Waals surface area (Å²) in [6, 6.07) is 4.14. The van der Waals surface area contributed by atoms with Gasteiger partial charge in [-0.1, -0.05) is 0 Å². The van der Waals surface area contributed by atoms with Gasteiger partial charge in [0.15, 0.2) is 0 Å². The van der Waals surface area contributed by atoms with Crippen molar-refractivity contribution < 1.29 is 9.53 Å². The van der Waals surface area contributed by atoms with E-state index in [1.165, 1.54) is 0 Å². The first kappa shape index (κ1) is 15.8. The van der Waals surface area contributed by atoms with Crippen LogP contribution in [0.15, 0.2) is 30.7 Å². The number of aromatic nitrogens is 3. The van der Waals surface area contributed by atoms with Gasteiger partial charge in [0.1, 0.15) is 11.4 Å². The van der Waals surface area contributed by atoms with E-state index in [9.17, 15) is 4.79 Å².